The third-order valence-electron chi connectivity index (χ3n) is 2.06. The van der Waals surface area contributed by atoms with E-state index in [2.05, 4.69) is 26.4 Å². The minimum atomic E-state index is -0.343. The van der Waals surface area contributed by atoms with Crippen molar-refractivity contribution in [3.8, 4) is 0 Å². The molecule has 17 heavy (non-hydrogen) atoms. The molecule has 1 N–H and O–H groups in total. The van der Waals surface area contributed by atoms with Gasteiger partial charge < -0.3 is 9.84 Å². The van der Waals surface area contributed by atoms with Gasteiger partial charge >= 0.3 is 0 Å². The number of carbonyl (C=O) groups excluding carboxylic acids is 1. The van der Waals surface area contributed by atoms with Crippen LogP contribution >= 0.6 is 27.5 Å². The highest BCUT2D eigenvalue weighted by atomic mass is 79.9. The molecule has 2 rings (SSSR count). The first-order valence-corrected chi connectivity index (χ1v) is 5.93. The lowest BCUT2D eigenvalue weighted by atomic mass is 10.3. The fourth-order valence-corrected chi connectivity index (χ4v) is 1.80. The molecular weight excluding hydrogens is 307 g/mol. The van der Waals surface area contributed by atoms with Crippen LogP contribution in [-0.2, 0) is 0 Å². The van der Waals surface area contributed by atoms with Crippen molar-refractivity contribution in [2.45, 2.75) is 6.92 Å². The Hall–Kier alpha value is -1.33. The number of amides is 1. The van der Waals surface area contributed by atoms with Crippen molar-refractivity contribution in [1.82, 2.24) is 5.16 Å². The molecule has 1 heterocycles. The van der Waals surface area contributed by atoms with E-state index in [0.717, 1.165) is 0 Å². The molecule has 0 aliphatic heterocycles. The minimum Gasteiger partial charge on any atom is -0.361 e. The normalized spacial score (nSPS) is 10.3. The summed E-state index contributed by atoms with van der Waals surface area (Å²) in [5, 5.41) is 6.84. The van der Waals surface area contributed by atoms with E-state index in [9.17, 15) is 4.79 Å². The Balaban J connectivity index is 2.21. The summed E-state index contributed by atoms with van der Waals surface area (Å²) in [5.74, 6) is 0.241. The van der Waals surface area contributed by atoms with E-state index in [1.54, 1.807) is 31.2 Å². The Morgan fingerprint density at radius 2 is 2.29 bits per heavy atom. The number of benzene rings is 1. The first-order chi connectivity index (χ1) is 8.08. The summed E-state index contributed by atoms with van der Waals surface area (Å²) in [6.07, 6.45) is 0. The van der Waals surface area contributed by atoms with Crippen LogP contribution in [0, 0.1) is 6.92 Å². The largest absolute Gasteiger partial charge is 0.361 e. The van der Waals surface area contributed by atoms with Gasteiger partial charge in [0.05, 0.1) is 15.2 Å². The molecule has 6 heteroatoms. The van der Waals surface area contributed by atoms with Crippen LogP contribution in [0.5, 0.6) is 0 Å². The van der Waals surface area contributed by atoms with Crippen LogP contribution in [-0.4, -0.2) is 11.1 Å². The quantitative estimate of drug-likeness (QED) is 0.920. The number of aromatic nitrogens is 1. The van der Waals surface area contributed by atoms with Gasteiger partial charge in [-0.2, -0.15) is 0 Å². The summed E-state index contributed by atoms with van der Waals surface area (Å²) in [4.78, 5) is 11.8. The second kappa shape index (κ2) is 4.89. The van der Waals surface area contributed by atoms with Crippen molar-refractivity contribution in [2.24, 2.45) is 0 Å². The van der Waals surface area contributed by atoms with E-state index in [0.29, 0.717) is 20.9 Å². The summed E-state index contributed by atoms with van der Waals surface area (Å²) in [7, 11) is 0. The van der Waals surface area contributed by atoms with Crippen molar-refractivity contribution in [2.75, 3.05) is 5.32 Å². The highest BCUT2D eigenvalue weighted by Gasteiger charge is 2.13. The maximum Gasteiger partial charge on any atom is 0.277 e. The molecule has 1 aromatic carbocycles. The highest BCUT2D eigenvalue weighted by molar-refractivity contribution is 9.10. The first-order valence-electron chi connectivity index (χ1n) is 4.76. The molecule has 0 atom stereocenters. The lowest BCUT2D eigenvalue weighted by Crippen LogP contribution is -2.12. The molecule has 1 aromatic heterocycles. The predicted molar refractivity (Wildman–Crippen MR) is 68.3 cm³/mol. The van der Waals surface area contributed by atoms with E-state index in [4.69, 9.17) is 16.1 Å². The summed E-state index contributed by atoms with van der Waals surface area (Å²) in [6, 6.07) is 6.77. The molecule has 0 aliphatic carbocycles. The SMILES string of the molecule is Cc1cc(C(=O)Nc2cccc(Cl)c2Br)no1. The molecule has 0 fully saturated rings. The number of nitrogens with one attached hydrogen (secondary N) is 1. The Labute approximate surface area is 111 Å². The Bertz CT molecular complexity index is 568. The van der Waals surface area contributed by atoms with Gasteiger partial charge in [0.1, 0.15) is 5.76 Å². The van der Waals surface area contributed by atoms with E-state index in [1.807, 2.05) is 0 Å². The number of halogens is 2. The molecule has 0 unspecified atom stereocenters. The highest BCUT2D eigenvalue weighted by Crippen LogP contribution is 2.30. The molecule has 0 bridgehead atoms. The van der Waals surface area contributed by atoms with Crippen molar-refractivity contribution < 1.29 is 9.32 Å². The Morgan fingerprint density at radius 1 is 1.53 bits per heavy atom. The minimum absolute atomic E-state index is 0.231. The van der Waals surface area contributed by atoms with Crippen LogP contribution in [0.25, 0.3) is 0 Å². The van der Waals surface area contributed by atoms with Gasteiger partial charge in [0.15, 0.2) is 5.69 Å². The molecular formula is C11H8BrClN2O2. The van der Waals surface area contributed by atoms with Crippen molar-refractivity contribution in [1.29, 1.82) is 0 Å². The second-order valence-corrected chi connectivity index (χ2v) is 4.58. The summed E-state index contributed by atoms with van der Waals surface area (Å²) < 4.78 is 5.46. The van der Waals surface area contributed by atoms with Gasteiger partial charge in [-0.25, -0.2) is 0 Å². The maximum absolute atomic E-state index is 11.8. The van der Waals surface area contributed by atoms with E-state index >= 15 is 0 Å². The Morgan fingerprint density at radius 3 is 2.94 bits per heavy atom. The first kappa shape index (κ1) is 12.1. The smallest absolute Gasteiger partial charge is 0.277 e. The van der Waals surface area contributed by atoms with Gasteiger partial charge in [0.25, 0.3) is 5.91 Å². The van der Waals surface area contributed by atoms with Gasteiger partial charge in [-0.3, -0.25) is 4.79 Å². The zero-order chi connectivity index (χ0) is 12.4. The molecule has 2 aromatic rings. The Kier molecular flexibility index (Phi) is 3.49. The zero-order valence-corrected chi connectivity index (χ0v) is 11.2. The third kappa shape index (κ3) is 2.68. The molecule has 0 aliphatic rings. The molecule has 0 radical (unpaired) electrons. The number of rotatable bonds is 2. The van der Waals surface area contributed by atoms with Crippen LogP contribution in [0.15, 0.2) is 33.3 Å². The standard InChI is InChI=1S/C11H8BrClN2O2/c1-6-5-9(15-17-6)11(16)14-8-4-2-3-7(13)10(8)12/h2-5H,1H3,(H,14,16). The fraction of sp³-hybridized carbons (Fsp3) is 0.0909. The van der Waals surface area contributed by atoms with Gasteiger partial charge in [0.2, 0.25) is 0 Å². The van der Waals surface area contributed by atoms with Crippen molar-refractivity contribution in [3.05, 3.63) is 45.2 Å². The maximum atomic E-state index is 11.8. The van der Waals surface area contributed by atoms with Crippen LogP contribution in [0.3, 0.4) is 0 Å². The average Bonchev–Trinajstić information content (AvgIpc) is 2.72. The number of aryl methyl sites for hydroxylation is 1. The van der Waals surface area contributed by atoms with Gasteiger partial charge in [0, 0.05) is 6.07 Å². The average molecular weight is 316 g/mol. The zero-order valence-electron chi connectivity index (χ0n) is 8.83. The lowest BCUT2D eigenvalue weighted by Gasteiger charge is -2.06. The van der Waals surface area contributed by atoms with E-state index < -0.39 is 0 Å². The number of carbonyl (C=O) groups is 1. The van der Waals surface area contributed by atoms with Crippen LogP contribution in [0.1, 0.15) is 16.2 Å². The monoisotopic (exact) mass is 314 g/mol. The topological polar surface area (TPSA) is 55.1 Å². The third-order valence-corrected chi connectivity index (χ3v) is 3.46. The van der Waals surface area contributed by atoms with Gasteiger partial charge in [-0.1, -0.05) is 22.8 Å². The van der Waals surface area contributed by atoms with Crippen molar-refractivity contribution >= 4 is 39.1 Å². The summed E-state index contributed by atoms with van der Waals surface area (Å²) >= 11 is 9.21. The number of hydrogen-bond donors (Lipinski definition) is 1. The molecule has 1 amide bonds. The van der Waals surface area contributed by atoms with Crippen LogP contribution in [0.2, 0.25) is 5.02 Å². The molecule has 0 spiro atoms. The molecule has 0 saturated carbocycles. The number of hydrogen-bond acceptors (Lipinski definition) is 3. The fourth-order valence-electron chi connectivity index (χ4n) is 1.26. The van der Waals surface area contributed by atoms with Gasteiger partial charge in [-0.15, -0.1) is 0 Å². The molecule has 0 saturated heterocycles. The number of nitrogens with zero attached hydrogens (tertiary/aromatic N) is 1. The molecule has 4 nitrogen and oxygen atoms in total. The summed E-state index contributed by atoms with van der Waals surface area (Å²) in [6.45, 7) is 1.72. The summed E-state index contributed by atoms with van der Waals surface area (Å²) in [5.41, 5.74) is 0.817. The van der Waals surface area contributed by atoms with Crippen molar-refractivity contribution in [3.63, 3.8) is 0 Å². The van der Waals surface area contributed by atoms with E-state index in [1.165, 1.54) is 0 Å². The van der Waals surface area contributed by atoms with Crippen LogP contribution in [0.4, 0.5) is 5.69 Å². The lowest BCUT2D eigenvalue weighted by molar-refractivity contribution is 0.101. The predicted octanol–water partition coefficient (Wildman–Crippen LogP) is 3.65. The van der Waals surface area contributed by atoms with Gasteiger partial charge in [-0.05, 0) is 35.0 Å². The van der Waals surface area contributed by atoms with Crippen LogP contribution < -0.4 is 5.32 Å². The van der Waals surface area contributed by atoms with E-state index in [-0.39, 0.29) is 11.6 Å². The molecule has 88 valence electrons. The second-order valence-electron chi connectivity index (χ2n) is 3.38. The number of anilines is 1.